The number of carbonyl (C=O) groups excluding carboxylic acids is 1. The third-order valence-corrected chi connectivity index (χ3v) is 7.28. The highest BCUT2D eigenvalue weighted by molar-refractivity contribution is 7.94. The van der Waals surface area contributed by atoms with Crippen molar-refractivity contribution in [1.82, 2.24) is 0 Å². The normalized spacial score (nSPS) is 17.7. The van der Waals surface area contributed by atoms with E-state index in [4.69, 9.17) is 0 Å². The molecule has 0 saturated heterocycles. The van der Waals surface area contributed by atoms with Gasteiger partial charge in [-0.2, -0.15) is 5.10 Å². The molecule has 1 aliphatic rings. The van der Waals surface area contributed by atoms with Crippen LogP contribution in [0.25, 0.3) is 0 Å². The van der Waals surface area contributed by atoms with Crippen molar-refractivity contribution in [1.29, 1.82) is 0 Å². The van der Waals surface area contributed by atoms with Gasteiger partial charge in [0.05, 0.1) is 17.4 Å². The minimum absolute atomic E-state index is 0.356. The third kappa shape index (κ3) is 5.18. The van der Waals surface area contributed by atoms with Crippen LogP contribution in [0.3, 0.4) is 0 Å². The summed E-state index contributed by atoms with van der Waals surface area (Å²) in [6.07, 6.45) is 0. The Morgan fingerprint density at radius 2 is 1.44 bits per heavy atom. The van der Waals surface area contributed by atoms with Gasteiger partial charge in [-0.05, 0) is 74.5 Å². The zero-order valence-corrected chi connectivity index (χ0v) is 19.4. The predicted molar refractivity (Wildman–Crippen MR) is 133 cm³/mol. The maximum atomic E-state index is 13.3. The maximum Gasteiger partial charge on any atom is 0.323 e. The van der Waals surface area contributed by atoms with Crippen molar-refractivity contribution in [2.45, 2.75) is 25.1 Å². The number of anilines is 4. The van der Waals surface area contributed by atoms with Crippen LogP contribution in [0.1, 0.15) is 13.8 Å². The molecule has 0 radical (unpaired) electrons. The van der Waals surface area contributed by atoms with E-state index in [0.29, 0.717) is 28.5 Å². The fraction of sp³-hybridized carbons (Fsp3) is 0.167. The summed E-state index contributed by atoms with van der Waals surface area (Å²) in [4.78, 5) is 12.1. The molecule has 3 N–H and O–H groups in total. The number of para-hydroxylation sites is 1. The van der Waals surface area contributed by atoms with E-state index in [0.717, 1.165) is 0 Å². The molecule has 2 atom stereocenters. The fourth-order valence-corrected chi connectivity index (χ4v) is 5.55. The topological polar surface area (TPSA) is 103 Å². The number of hydrogen-bond acceptors (Lipinski definition) is 5. The quantitative estimate of drug-likeness (QED) is 0.468. The highest BCUT2D eigenvalue weighted by atomic mass is 32.2. The number of amides is 2. The summed E-state index contributed by atoms with van der Waals surface area (Å²) >= 11 is 0. The van der Waals surface area contributed by atoms with Gasteiger partial charge in [0.2, 0.25) is 10.0 Å². The van der Waals surface area contributed by atoms with Gasteiger partial charge in [-0.25, -0.2) is 17.6 Å². The second-order valence-corrected chi connectivity index (χ2v) is 9.70. The van der Waals surface area contributed by atoms with Crippen LogP contribution in [0.5, 0.6) is 0 Å². The lowest BCUT2D eigenvalue weighted by Gasteiger charge is -2.24. The van der Waals surface area contributed by atoms with Crippen LogP contribution in [-0.2, 0) is 10.0 Å². The Labute approximate surface area is 197 Å². The van der Waals surface area contributed by atoms with Gasteiger partial charge >= 0.3 is 6.03 Å². The lowest BCUT2D eigenvalue weighted by Crippen LogP contribution is -2.42. The SMILES string of the molecule is CC1=NN(c2ccc(F)cc2)C(C)C1S(=O)(=O)Nc1ccc(NC(=O)Nc2ccccc2)cc1. The number of nitrogens with zero attached hydrogens (tertiary/aromatic N) is 2. The maximum absolute atomic E-state index is 13.3. The van der Waals surface area contributed by atoms with Gasteiger partial charge in [-0.15, -0.1) is 0 Å². The van der Waals surface area contributed by atoms with Crippen molar-refractivity contribution in [2.75, 3.05) is 20.4 Å². The molecule has 8 nitrogen and oxygen atoms in total. The Morgan fingerprint density at radius 3 is 2.06 bits per heavy atom. The van der Waals surface area contributed by atoms with Gasteiger partial charge in [-0.1, -0.05) is 18.2 Å². The van der Waals surface area contributed by atoms with E-state index in [1.54, 1.807) is 67.4 Å². The summed E-state index contributed by atoms with van der Waals surface area (Å²) < 4.78 is 42.2. The van der Waals surface area contributed by atoms with E-state index in [2.05, 4.69) is 20.5 Å². The number of carbonyl (C=O) groups is 1. The fourth-order valence-electron chi connectivity index (χ4n) is 3.83. The van der Waals surface area contributed by atoms with E-state index < -0.39 is 27.3 Å². The molecule has 4 rings (SSSR count). The van der Waals surface area contributed by atoms with Crippen molar-refractivity contribution in [3.63, 3.8) is 0 Å². The van der Waals surface area contributed by atoms with Gasteiger partial charge in [0.15, 0.2) is 0 Å². The molecule has 1 aliphatic heterocycles. The molecule has 1 heterocycles. The Hall–Kier alpha value is -3.92. The summed E-state index contributed by atoms with van der Waals surface area (Å²) in [7, 11) is -3.83. The molecule has 0 aliphatic carbocycles. The lowest BCUT2D eigenvalue weighted by atomic mass is 10.1. The van der Waals surface area contributed by atoms with Crippen LogP contribution in [0.15, 0.2) is 84.0 Å². The average molecular weight is 482 g/mol. The summed E-state index contributed by atoms with van der Waals surface area (Å²) in [5, 5.41) is 10.5. The summed E-state index contributed by atoms with van der Waals surface area (Å²) in [5.74, 6) is -0.377. The molecule has 3 aromatic carbocycles. The first-order valence-corrected chi connectivity index (χ1v) is 12.1. The lowest BCUT2D eigenvalue weighted by molar-refractivity contribution is 0.262. The first-order valence-electron chi connectivity index (χ1n) is 10.6. The Balaban J connectivity index is 1.41. The van der Waals surface area contributed by atoms with E-state index >= 15 is 0 Å². The highest BCUT2D eigenvalue weighted by Gasteiger charge is 2.42. The molecule has 2 amide bonds. The monoisotopic (exact) mass is 481 g/mol. The van der Waals surface area contributed by atoms with Crippen molar-refractivity contribution >= 4 is 44.5 Å². The molecule has 0 aromatic heterocycles. The van der Waals surface area contributed by atoms with Gasteiger partial charge in [-0.3, -0.25) is 9.73 Å². The Morgan fingerprint density at radius 1 is 0.882 bits per heavy atom. The van der Waals surface area contributed by atoms with Gasteiger partial charge in [0.1, 0.15) is 11.1 Å². The molecule has 0 saturated carbocycles. The average Bonchev–Trinajstić information content (AvgIpc) is 3.10. The second kappa shape index (κ2) is 9.52. The van der Waals surface area contributed by atoms with Crippen LogP contribution in [0.4, 0.5) is 31.9 Å². The number of hydrazone groups is 1. The van der Waals surface area contributed by atoms with E-state index in [9.17, 15) is 17.6 Å². The number of rotatable bonds is 6. The molecule has 2 unspecified atom stereocenters. The van der Waals surface area contributed by atoms with Crippen molar-refractivity contribution in [3.8, 4) is 0 Å². The van der Waals surface area contributed by atoms with E-state index in [1.807, 2.05) is 18.2 Å². The van der Waals surface area contributed by atoms with Gasteiger partial charge in [0, 0.05) is 17.1 Å². The molecular weight excluding hydrogens is 457 g/mol. The van der Waals surface area contributed by atoms with Crippen LogP contribution < -0.4 is 20.4 Å². The second-order valence-electron chi connectivity index (χ2n) is 7.89. The molecular formula is C24H24FN5O3S. The van der Waals surface area contributed by atoms with Gasteiger partial charge in [0.25, 0.3) is 0 Å². The minimum atomic E-state index is -3.83. The number of urea groups is 1. The van der Waals surface area contributed by atoms with Crippen molar-refractivity contribution in [2.24, 2.45) is 5.10 Å². The van der Waals surface area contributed by atoms with Crippen LogP contribution >= 0.6 is 0 Å². The summed E-state index contributed by atoms with van der Waals surface area (Å²) in [6, 6.07) is 20.2. The number of sulfonamides is 1. The minimum Gasteiger partial charge on any atom is -0.308 e. The summed E-state index contributed by atoms with van der Waals surface area (Å²) in [6.45, 7) is 3.41. The Kier molecular flexibility index (Phi) is 6.51. The number of benzene rings is 3. The van der Waals surface area contributed by atoms with E-state index in [-0.39, 0.29) is 5.82 Å². The Bertz CT molecular complexity index is 1300. The molecule has 0 fully saturated rings. The largest absolute Gasteiger partial charge is 0.323 e. The molecule has 0 bridgehead atoms. The first kappa shape index (κ1) is 23.2. The number of nitrogens with one attached hydrogen (secondary N) is 3. The van der Waals surface area contributed by atoms with E-state index in [1.165, 1.54) is 12.1 Å². The molecule has 0 spiro atoms. The van der Waals surface area contributed by atoms with Crippen LogP contribution in [-0.4, -0.2) is 31.5 Å². The predicted octanol–water partition coefficient (Wildman–Crippen LogP) is 4.86. The van der Waals surface area contributed by atoms with Crippen molar-refractivity contribution in [3.05, 3.63) is 84.7 Å². The number of hydrogen-bond donors (Lipinski definition) is 3. The van der Waals surface area contributed by atoms with Crippen LogP contribution in [0, 0.1) is 5.82 Å². The molecule has 10 heteroatoms. The summed E-state index contributed by atoms with van der Waals surface area (Å²) in [5.41, 5.74) is 2.55. The molecule has 34 heavy (non-hydrogen) atoms. The van der Waals surface area contributed by atoms with Gasteiger partial charge < -0.3 is 10.6 Å². The molecule has 3 aromatic rings. The third-order valence-electron chi connectivity index (χ3n) is 5.36. The molecule has 176 valence electrons. The zero-order chi connectivity index (χ0) is 24.3. The standard InChI is InChI=1S/C24H24FN5O3S/c1-16-23(17(2)30(28-16)22-14-8-18(25)9-15-22)34(32,33)29-21-12-10-20(11-13-21)27-24(31)26-19-6-4-3-5-7-19/h3-15,17,23,29H,1-2H3,(H2,26,27,31). The zero-order valence-electron chi connectivity index (χ0n) is 18.6. The highest BCUT2D eigenvalue weighted by Crippen LogP contribution is 2.29. The smallest absolute Gasteiger partial charge is 0.308 e. The van der Waals surface area contributed by atoms with Crippen LogP contribution in [0.2, 0.25) is 0 Å². The number of halogens is 1. The van der Waals surface area contributed by atoms with Crippen molar-refractivity contribution < 1.29 is 17.6 Å². The first-order chi connectivity index (χ1) is 16.2.